The Hall–Kier alpha value is -1.04. The SMILES string of the molecule is COC(=O)C1(CCC#N)CC1. The second-order valence-electron chi connectivity index (χ2n) is 2.93. The van der Waals surface area contributed by atoms with Crippen molar-refractivity contribution in [2.45, 2.75) is 25.7 Å². The summed E-state index contributed by atoms with van der Waals surface area (Å²) in [5.74, 6) is -0.146. The van der Waals surface area contributed by atoms with Crippen molar-refractivity contribution >= 4 is 5.97 Å². The molecule has 60 valence electrons. The van der Waals surface area contributed by atoms with Crippen LogP contribution in [0.4, 0.5) is 0 Å². The summed E-state index contributed by atoms with van der Waals surface area (Å²) >= 11 is 0. The van der Waals surface area contributed by atoms with Crippen molar-refractivity contribution in [2.24, 2.45) is 5.41 Å². The Morgan fingerprint density at radius 2 is 2.36 bits per heavy atom. The summed E-state index contributed by atoms with van der Waals surface area (Å²) < 4.78 is 4.63. The molecule has 0 aromatic rings. The number of ether oxygens (including phenoxy) is 1. The maximum atomic E-state index is 11.1. The van der Waals surface area contributed by atoms with Crippen LogP contribution in [0.5, 0.6) is 0 Å². The number of hydrogen-bond acceptors (Lipinski definition) is 3. The summed E-state index contributed by atoms with van der Waals surface area (Å²) in [6, 6.07) is 2.03. The van der Waals surface area contributed by atoms with Gasteiger partial charge in [-0.05, 0) is 19.3 Å². The molecule has 1 aliphatic rings. The van der Waals surface area contributed by atoms with Crippen molar-refractivity contribution in [3.05, 3.63) is 0 Å². The average molecular weight is 153 g/mol. The number of rotatable bonds is 3. The third kappa shape index (κ3) is 1.51. The highest BCUT2D eigenvalue weighted by molar-refractivity contribution is 5.79. The Morgan fingerprint density at radius 1 is 1.73 bits per heavy atom. The quantitative estimate of drug-likeness (QED) is 0.573. The molecule has 0 aliphatic heterocycles. The molecule has 1 saturated carbocycles. The Balaban J connectivity index is 2.42. The number of nitrogens with zero attached hydrogens (tertiary/aromatic N) is 1. The predicted octanol–water partition coefficient (Wildman–Crippen LogP) is 1.24. The highest BCUT2D eigenvalue weighted by atomic mass is 16.5. The van der Waals surface area contributed by atoms with Gasteiger partial charge in [-0.1, -0.05) is 0 Å². The van der Waals surface area contributed by atoms with Crippen molar-refractivity contribution in [1.82, 2.24) is 0 Å². The van der Waals surface area contributed by atoms with Gasteiger partial charge in [-0.3, -0.25) is 4.79 Å². The lowest BCUT2D eigenvalue weighted by molar-refractivity contribution is -0.147. The van der Waals surface area contributed by atoms with E-state index < -0.39 is 0 Å². The Labute approximate surface area is 66.0 Å². The first-order chi connectivity index (χ1) is 5.25. The fourth-order valence-electron chi connectivity index (χ4n) is 1.22. The molecule has 0 saturated heterocycles. The Kier molecular flexibility index (Phi) is 2.13. The lowest BCUT2D eigenvalue weighted by atomic mass is 10.0. The summed E-state index contributed by atoms with van der Waals surface area (Å²) in [7, 11) is 1.40. The number of esters is 1. The van der Waals surface area contributed by atoms with Crippen LogP contribution in [0.25, 0.3) is 0 Å². The number of hydrogen-bond donors (Lipinski definition) is 0. The van der Waals surface area contributed by atoms with Crippen LogP contribution >= 0.6 is 0 Å². The molecule has 0 spiro atoms. The van der Waals surface area contributed by atoms with E-state index in [4.69, 9.17) is 5.26 Å². The van der Waals surface area contributed by atoms with Gasteiger partial charge in [0.15, 0.2) is 0 Å². The molecule has 0 N–H and O–H groups in total. The zero-order valence-electron chi connectivity index (χ0n) is 6.59. The first kappa shape index (κ1) is 8.06. The van der Waals surface area contributed by atoms with Gasteiger partial charge in [0.25, 0.3) is 0 Å². The van der Waals surface area contributed by atoms with E-state index >= 15 is 0 Å². The van der Waals surface area contributed by atoms with Gasteiger partial charge < -0.3 is 4.74 Å². The fraction of sp³-hybridized carbons (Fsp3) is 0.750. The molecule has 1 fully saturated rings. The number of methoxy groups -OCH3 is 1. The third-order valence-electron chi connectivity index (χ3n) is 2.19. The van der Waals surface area contributed by atoms with Gasteiger partial charge >= 0.3 is 5.97 Å². The lowest BCUT2D eigenvalue weighted by Gasteiger charge is -2.08. The summed E-state index contributed by atoms with van der Waals surface area (Å²) in [6.07, 6.45) is 2.90. The van der Waals surface area contributed by atoms with Gasteiger partial charge in [0.1, 0.15) is 0 Å². The molecular weight excluding hydrogens is 142 g/mol. The molecule has 11 heavy (non-hydrogen) atoms. The molecule has 0 atom stereocenters. The minimum absolute atomic E-state index is 0.146. The smallest absolute Gasteiger partial charge is 0.311 e. The number of carbonyl (C=O) groups excluding carboxylic acids is 1. The van der Waals surface area contributed by atoms with Crippen molar-refractivity contribution in [2.75, 3.05) is 7.11 Å². The van der Waals surface area contributed by atoms with Gasteiger partial charge in [0, 0.05) is 6.42 Å². The number of carbonyl (C=O) groups is 1. The molecule has 1 rings (SSSR count). The van der Waals surface area contributed by atoms with Gasteiger partial charge in [-0.2, -0.15) is 5.26 Å². The van der Waals surface area contributed by atoms with E-state index in [0.717, 1.165) is 12.8 Å². The molecular formula is C8H11NO2. The zero-order chi connectivity index (χ0) is 8.32. The maximum Gasteiger partial charge on any atom is 0.311 e. The summed E-state index contributed by atoms with van der Waals surface area (Å²) in [6.45, 7) is 0. The van der Waals surface area contributed by atoms with Gasteiger partial charge in [-0.15, -0.1) is 0 Å². The minimum Gasteiger partial charge on any atom is -0.469 e. The Bertz CT molecular complexity index is 201. The van der Waals surface area contributed by atoms with E-state index in [9.17, 15) is 4.79 Å². The lowest BCUT2D eigenvalue weighted by Crippen LogP contribution is -2.16. The average Bonchev–Trinajstić information content (AvgIpc) is 2.80. The van der Waals surface area contributed by atoms with Crippen LogP contribution in [0.2, 0.25) is 0 Å². The second kappa shape index (κ2) is 2.91. The predicted molar refractivity (Wildman–Crippen MR) is 38.5 cm³/mol. The van der Waals surface area contributed by atoms with E-state index in [-0.39, 0.29) is 11.4 Å². The molecule has 0 aromatic carbocycles. The molecule has 0 amide bonds. The van der Waals surface area contributed by atoms with E-state index in [0.29, 0.717) is 12.8 Å². The summed E-state index contributed by atoms with van der Waals surface area (Å²) in [5.41, 5.74) is -0.273. The molecule has 0 bridgehead atoms. The van der Waals surface area contributed by atoms with E-state index in [2.05, 4.69) is 4.74 Å². The molecule has 3 heteroatoms. The molecule has 3 nitrogen and oxygen atoms in total. The van der Waals surface area contributed by atoms with Gasteiger partial charge in [0.2, 0.25) is 0 Å². The largest absolute Gasteiger partial charge is 0.469 e. The molecule has 0 unspecified atom stereocenters. The highest BCUT2D eigenvalue weighted by Crippen LogP contribution is 2.50. The van der Waals surface area contributed by atoms with Crippen LogP contribution in [0.1, 0.15) is 25.7 Å². The zero-order valence-corrected chi connectivity index (χ0v) is 6.59. The maximum absolute atomic E-state index is 11.1. The molecule has 0 aromatic heterocycles. The van der Waals surface area contributed by atoms with Crippen LogP contribution in [-0.4, -0.2) is 13.1 Å². The van der Waals surface area contributed by atoms with Crippen molar-refractivity contribution in [3.8, 4) is 6.07 Å². The summed E-state index contributed by atoms with van der Waals surface area (Å²) in [5, 5.41) is 8.31. The fourth-order valence-corrected chi connectivity index (χ4v) is 1.22. The van der Waals surface area contributed by atoms with Crippen molar-refractivity contribution in [1.29, 1.82) is 5.26 Å². The van der Waals surface area contributed by atoms with Crippen LogP contribution in [0.15, 0.2) is 0 Å². The standard InChI is InChI=1S/C8H11NO2/c1-11-7(10)8(4-5-8)3-2-6-9/h2-5H2,1H3. The van der Waals surface area contributed by atoms with Gasteiger partial charge in [-0.25, -0.2) is 0 Å². The van der Waals surface area contributed by atoms with Crippen LogP contribution in [0, 0.1) is 16.7 Å². The Morgan fingerprint density at radius 3 is 2.73 bits per heavy atom. The van der Waals surface area contributed by atoms with E-state index in [1.807, 2.05) is 6.07 Å². The monoisotopic (exact) mass is 153 g/mol. The first-order valence-electron chi connectivity index (χ1n) is 3.70. The normalized spacial score (nSPS) is 18.5. The van der Waals surface area contributed by atoms with Crippen LogP contribution in [-0.2, 0) is 9.53 Å². The van der Waals surface area contributed by atoms with Gasteiger partial charge in [0.05, 0.1) is 18.6 Å². The van der Waals surface area contributed by atoms with Crippen LogP contribution in [0.3, 0.4) is 0 Å². The topological polar surface area (TPSA) is 50.1 Å². The molecule has 0 heterocycles. The first-order valence-corrected chi connectivity index (χ1v) is 3.70. The highest BCUT2D eigenvalue weighted by Gasteiger charge is 2.50. The minimum atomic E-state index is -0.273. The van der Waals surface area contributed by atoms with Crippen molar-refractivity contribution < 1.29 is 9.53 Å². The molecule has 0 radical (unpaired) electrons. The van der Waals surface area contributed by atoms with Crippen LogP contribution < -0.4 is 0 Å². The summed E-state index contributed by atoms with van der Waals surface area (Å²) in [4.78, 5) is 11.1. The second-order valence-corrected chi connectivity index (χ2v) is 2.93. The number of nitriles is 1. The van der Waals surface area contributed by atoms with E-state index in [1.165, 1.54) is 7.11 Å². The molecule has 1 aliphatic carbocycles. The third-order valence-corrected chi connectivity index (χ3v) is 2.19. The van der Waals surface area contributed by atoms with Crippen molar-refractivity contribution in [3.63, 3.8) is 0 Å². The van der Waals surface area contributed by atoms with E-state index in [1.54, 1.807) is 0 Å².